The van der Waals surface area contributed by atoms with Crippen molar-refractivity contribution in [2.24, 2.45) is 7.05 Å². The van der Waals surface area contributed by atoms with Crippen molar-refractivity contribution in [1.29, 1.82) is 0 Å². The lowest BCUT2D eigenvalue weighted by Gasteiger charge is -2.14. The van der Waals surface area contributed by atoms with Crippen LogP contribution in [0.25, 0.3) is 0 Å². The van der Waals surface area contributed by atoms with E-state index < -0.39 is 28.2 Å². The summed E-state index contributed by atoms with van der Waals surface area (Å²) in [5.41, 5.74) is 0.913. The smallest absolute Gasteiger partial charge is 0.343 e. The predicted molar refractivity (Wildman–Crippen MR) is 98.2 cm³/mol. The van der Waals surface area contributed by atoms with Crippen LogP contribution in [0.1, 0.15) is 27.0 Å². The van der Waals surface area contributed by atoms with E-state index in [0.717, 1.165) is 6.26 Å². The highest BCUT2D eigenvalue weighted by atomic mass is 35.5. The third-order valence-corrected chi connectivity index (χ3v) is 5.78. The second-order valence-corrected chi connectivity index (χ2v) is 8.29. The quantitative estimate of drug-likeness (QED) is 0.524. The summed E-state index contributed by atoms with van der Waals surface area (Å²) in [4.78, 5) is 24.4. The van der Waals surface area contributed by atoms with Crippen LogP contribution in [0.2, 0.25) is 5.02 Å². The monoisotopic (exact) mass is 414 g/mol. The van der Waals surface area contributed by atoms with Crippen LogP contribution >= 0.6 is 11.6 Å². The van der Waals surface area contributed by atoms with Crippen molar-refractivity contribution in [3.8, 4) is 5.88 Å². The molecule has 0 aliphatic heterocycles. The highest BCUT2D eigenvalue weighted by Crippen LogP contribution is 2.33. The molecule has 0 aliphatic rings. The zero-order valence-electron chi connectivity index (χ0n) is 15.5. The third-order valence-electron chi connectivity index (χ3n) is 3.92. The lowest BCUT2D eigenvalue weighted by atomic mass is 10.0. The molecule has 146 valence electrons. The van der Waals surface area contributed by atoms with Gasteiger partial charge in [0.25, 0.3) is 0 Å². The molecule has 10 heteroatoms. The van der Waals surface area contributed by atoms with Gasteiger partial charge < -0.3 is 9.47 Å². The molecular weight excluding hydrogens is 396 g/mol. The van der Waals surface area contributed by atoms with Crippen molar-refractivity contribution in [2.45, 2.75) is 18.7 Å². The molecule has 8 nitrogen and oxygen atoms in total. The molecule has 0 radical (unpaired) electrons. The Hall–Kier alpha value is -2.39. The molecule has 0 saturated carbocycles. The van der Waals surface area contributed by atoms with Gasteiger partial charge in [-0.1, -0.05) is 11.6 Å². The topological polar surface area (TPSA) is 105 Å². The molecule has 0 unspecified atom stereocenters. The van der Waals surface area contributed by atoms with Gasteiger partial charge in [0.05, 0.1) is 23.2 Å². The minimum absolute atomic E-state index is 0.0359. The number of aryl methyl sites for hydroxylation is 2. The molecule has 1 heterocycles. The molecule has 0 saturated heterocycles. The van der Waals surface area contributed by atoms with E-state index in [4.69, 9.17) is 16.3 Å². The fourth-order valence-corrected chi connectivity index (χ4v) is 4.36. The van der Waals surface area contributed by atoms with Crippen LogP contribution in [0.4, 0.5) is 0 Å². The first-order valence-corrected chi connectivity index (χ1v) is 10.0. The van der Waals surface area contributed by atoms with Crippen LogP contribution in [0.3, 0.4) is 0 Å². The van der Waals surface area contributed by atoms with Crippen molar-refractivity contribution in [2.75, 3.05) is 20.0 Å². The van der Waals surface area contributed by atoms with E-state index in [0.29, 0.717) is 11.1 Å². The molecule has 0 spiro atoms. The van der Waals surface area contributed by atoms with Crippen molar-refractivity contribution in [3.05, 3.63) is 39.5 Å². The van der Waals surface area contributed by atoms with Crippen molar-refractivity contribution >= 4 is 33.2 Å². The van der Waals surface area contributed by atoms with Crippen LogP contribution in [-0.4, -0.2) is 49.9 Å². The van der Waals surface area contributed by atoms with E-state index in [1.54, 1.807) is 20.9 Å². The average Bonchev–Trinajstić information content (AvgIpc) is 2.94. The Morgan fingerprint density at radius 2 is 1.89 bits per heavy atom. The van der Waals surface area contributed by atoms with Crippen molar-refractivity contribution in [1.82, 2.24) is 9.78 Å². The van der Waals surface area contributed by atoms with Gasteiger partial charge in [-0.15, -0.1) is 0 Å². The zero-order valence-corrected chi connectivity index (χ0v) is 17.1. The van der Waals surface area contributed by atoms with Gasteiger partial charge in [0.2, 0.25) is 11.7 Å². The number of esters is 1. The SMILES string of the molecule is COC(=O)COc1c(C(=O)c2cc(C)c(S(C)(=O)=O)c(C)c2Cl)cnn1C. The number of sulfone groups is 1. The van der Waals surface area contributed by atoms with E-state index in [1.807, 2.05) is 0 Å². The molecule has 0 atom stereocenters. The average molecular weight is 415 g/mol. The van der Waals surface area contributed by atoms with E-state index >= 15 is 0 Å². The molecule has 27 heavy (non-hydrogen) atoms. The number of benzene rings is 1. The Kier molecular flexibility index (Phi) is 5.96. The van der Waals surface area contributed by atoms with Gasteiger partial charge in [-0.05, 0) is 31.0 Å². The number of carbonyl (C=O) groups excluding carboxylic acids is 2. The minimum Gasteiger partial charge on any atom is -0.466 e. The molecule has 1 aromatic carbocycles. The first kappa shape index (κ1) is 20.9. The summed E-state index contributed by atoms with van der Waals surface area (Å²) >= 11 is 6.30. The van der Waals surface area contributed by atoms with Gasteiger partial charge in [0, 0.05) is 18.9 Å². The number of halogens is 1. The first-order chi connectivity index (χ1) is 12.5. The van der Waals surface area contributed by atoms with Crippen LogP contribution in [0, 0.1) is 13.8 Å². The van der Waals surface area contributed by atoms with E-state index in [2.05, 4.69) is 9.84 Å². The second-order valence-electron chi connectivity index (χ2n) is 5.96. The minimum atomic E-state index is -3.51. The Bertz CT molecular complexity index is 1030. The van der Waals surface area contributed by atoms with E-state index in [1.165, 1.54) is 24.1 Å². The summed E-state index contributed by atoms with van der Waals surface area (Å²) in [5.74, 6) is -1.04. The first-order valence-electron chi connectivity index (χ1n) is 7.75. The molecule has 2 aromatic rings. The number of ether oxygens (including phenoxy) is 2. The number of ketones is 1. The fraction of sp³-hybridized carbons (Fsp3) is 0.353. The third kappa shape index (κ3) is 4.14. The molecule has 0 N–H and O–H groups in total. The van der Waals surface area contributed by atoms with Crippen LogP contribution in [-0.2, 0) is 26.4 Å². The van der Waals surface area contributed by atoms with Gasteiger partial charge in [-0.3, -0.25) is 4.79 Å². The number of methoxy groups -OCH3 is 1. The summed E-state index contributed by atoms with van der Waals surface area (Å²) in [6, 6.07) is 1.42. The predicted octanol–water partition coefficient (Wildman–Crippen LogP) is 1.88. The highest BCUT2D eigenvalue weighted by Gasteiger charge is 2.26. The number of aromatic nitrogens is 2. The van der Waals surface area contributed by atoms with Crippen LogP contribution < -0.4 is 4.74 Å². The normalized spacial score (nSPS) is 11.3. The molecule has 0 fully saturated rings. The standard InChI is InChI=1S/C17H19ClN2O6S/c1-9-6-11(14(18)10(2)16(9)27(5,23)24)15(22)12-7-19-20(3)17(12)26-8-13(21)25-4/h6-7H,8H2,1-5H3. The summed E-state index contributed by atoms with van der Waals surface area (Å²) in [7, 11) is -0.739. The van der Waals surface area contributed by atoms with Gasteiger partial charge in [-0.25, -0.2) is 17.9 Å². The summed E-state index contributed by atoms with van der Waals surface area (Å²) in [6.07, 6.45) is 2.38. The molecule has 2 rings (SSSR count). The lowest BCUT2D eigenvalue weighted by Crippen LogP contribution is -2.16. The number of hydrogen-bond acceptors (Lipinski definition) is 7. The molecule has 0 amide bonds. The highest BCUT2D eigenvalue weighted by molar-refractivity contribution is 7.90. The van der Waals surface area contributed by atoms with Gasteiger partial charge >= 0.3 is 5.97 Å². The second kappa shape index (κ2) is 7.69. The zero-order chi connectivity index (χ0) is 20.5. The van der Waals surface area contributed by atoms with E-state index in [-0.39, 0.29) is 26.9 Å². The number of rotatable bonds is 6. The van der Waals surface area contributed by atoms with Gasteiger partial charge in [0.15, 0.2) is 16.4 Å². The van der Waals surface area contributed by atoms with Crippen LogP contribution in [0.15, 0.2) is 17.2 Å². The summed E-state index contributed by atoms with van der Waals surface area (Å²) in [6.45, 7) is 2.74. The van der Waals surface area contributed by atoms with E-state index in [9.17, 15) is 18.0 Å². The Morgan fingerprint density at radius 3 is 2.44 bits per heavy atom. The number of carbonyl (C=O) groups is 2. The van der Waals surface area contributed by atoms with Gasteiger partial charge in [0.1, 0.15) is 5.56 Å². The maximum atomic E-state index is 13.0. The Balaban J connectivity index is 2.53. The largest absolute Gasteiger partial charge is 0.466 e. The fourth-order valence-electron chi connectivity index (χ4n) is 2.76. The molecule has 0 bridgehead atoms. The van der Waals surface area contributed by atoms with Crippen LogP contribution in [0.5, 0.6) is 5.88 Å². The lowest BCUT2D eigenvalue weighted by molar-refractivity contribution is -0.143. The maximum Gasteiger partial charge on any atom is 0.343 e. The van der Waals surface area contributed by atoms with Gasteiger partial charge in [-0.2, -0.15) is 5.10 Å². The Labute approximate surface area is 161 Å². The molecule has 1 aromatic heterocycles. The molecule has 0 aliphatic carbocycles. The van der Waals surface area contributed by atoms with Crippen molar-refractivity contribution < 1.29 is 27.5 Å². The maximum absolute atomic E-state index is 13.0. The summed E-state index contributed by atoms with van der Waals surface area (Å²) < 4.78 is 35.1. The molecular formula is C17H19ClN2O6S. The number of nitrogens with zero attached hydrogens (tertiary/aromatic N) is 2. The Morgan fingerprint density at radius 1 is 1.26 bits per heavy atom. The summed E-state index contributed by atoms with van der Waals surface area (Å²) in [5, 5.41) is 4.01. The van der Waals surface area contributed by atoms with Crippen molar-refractivity contribution in [3.63, 3.8) is 0 Å². The number of hydrogen-bond donors (Lipinski definition) is 0.